The quantitative estimate of drug-likeness (QED) is 0.646. The molecule has 0 fully saturated rings. The SMILES string of the molecule is CC(C)Cc1cc(NN)c2cc(OC(C)C)ccc2n1. The monoisotopic (exact) mass is 273 g/mol. The van der Waals surface area contributed by atoms with Crippen molar-refractivity contribution >= 4 is 16.6 Å². The van der Waals surface area contributed by atoms with E-state index in [1.807, 2.05) is 38.1 Å². The molecule has 4 nitrogen and oxygen atoms in total. The van der Waals surface area contributed by atoms with Gasteiger partial charge in [0.15, 0.2) is 0 Å². The molecule has 1 aromatic heterocycles. The van der Waals surface area contributed by atoms with Gasteiger partial charge in [0, 0.05) is 11.1 Å². The van der Waals surface area contributed by atoms with Crippen LogP contribution in [0.2, 0.25) is 0 Å². The number of benzene rings is 1. The molecule has 0 saturated heterocycles. The van der Waals surface area contributed by atoms with E-state index in [4.69, 9.17) is 15.6 Å². The molecule has 4 heteroatoms. The van der Waals surface area contributed by atoms with Gasteiger partial charge in [0.05, 0.1) is 17.3 Å². The molecule has 0 aliphatic heterocycles. The van der Waals surface area contributed by atoms with Crippen LogP contribution in [0, 0.1) is 5.92 Å². The van der Waals surface area contributed by atoms with Crippen molar-refractivity contribution in [1.82, 2.24) is 4.98 Å². The number of nitrogens with zero attached hydrogens (tertiary/aromatic N) is 1. The number of rotatable bonds is 5. The van der Waals surface area contributed by atoms with Gasteiger partial charge in [0.25, 0.3) is 0 Å². The van der Waals surface area contributed by atoms with Crippen molar-refractivity contribution in [2.24, 2.45) is 11.8 Å². The molecule has 20 heavy (non-hydrogen) atoms. The summed E-state index contributed by atoms with van der Waals surface area (Å²) in [5.41, 5.74) is 5.65. The number of hydrogen-bond acceptors (Lipinski definition) is 4. The molecule has 108 valence electrons. The van der Waals surface area contributed by atoms with Crippen LogP contribution in [0.4, 0.5) is 5.69 Å². The Morgan fingerprint density at radius 1 is 1.20 bits per heavy atom. The lowest BCUT2D eigenvalue weighted by atomic mass is 10.1. The number of anilines is 1. The average Bonchev–Trinajstić information content (AvgIpc) is 2.36. The minimum Gasteiger partial charge on any atom is -0.491 e. The number of pyridine rings is 1. The highest BCUT2D eigenvalue weighted by molar-refractivity contribution is 5.92. The first-order valence-corrected chi connectivity index (χ1v) is 7.06. The Morgan fingerprint density at radius 2 is 1.95 bits per heavy atom. The third kappa shape index (κ3) is 3.39. The Bertz CT molecular complexity index is 594. The predicted octanol–water partition coefficient (Wildman–Crippen LogP) is 3.51. The van der Waals surface area contributed by atoms with Crippen molar-refractivity contribution in [2.45, 2.75) is 40.2 Å². The summed E-state index contributed by atoms with van der Waals surface area (Å²) in [5.74, 6) is 7.05. The average molecular weight is 273 g/mol. The van der Waals surface area contributed by atoms with Crippen LogP contribution in [0.15, 0.2) is 24.3 Å². The van der Waals surface area contributed by atoms with E-state index in [1.165, 1.54) is 0 Å². The topological polar surface area (TPSA) is 60.2 Å². The summed E-state index contributed by atoms with van der Waals surface area (Å²) in [7, 11) is 0. The maximum absolute atomic E-state index is 5.72. The van der Waals surface area contributed by atoms with Crippen molar-refractivity contribution in [2.75, 3.05) is 5.43 Å². The van der Waals surface area contributed by atoms with Crippen LogP contribution >= 0.6 is 0 Å². The second kappa shape index (κ2) is 6.09. The Labute approximate surface area is 120 Å². The number of aromatic nitrogens is 1. The molecule has 0 aliphatic rings. The van der Waals surface area contributed by atoms with Gasteiger partial charge >= 0.3 is 0 Å². The molecule has 0 spiro atoms. The lowest BCUT2D eigenvalue weighted by Gasteiger charge is -2.13. The second-order valence-electron chi connectivity index (χ2n) is 5.75. The Morgan fingerprint density at radius 3 is 2.55 bits per heavy atom. The second-order valence-corrected chi connectivity index (χ2v) is 5.75. The Balaban J connectivity index is 2.47. The molecule has 0 atom stereocenters. The fourth-order valence-corrected chi connectivity index (χ4v) is 2.25. The zero-order valence-corrected chi connectivity index (χ0v) is 12.6. The molecule has 0 unspecified atom stereocenters. The van der Waals surface area contributed by atoms with Gasteiger partial charge in [0.1, 0.15) is 5.75 Å². The lowest BCUT2D eigenvalue weighted by molar-refractivity contribution is 0.243. The number of hydrogen-bond donors (Lipinski definition) is 2. The van der Waals surface area contributed by atoms with Gasteiger partial charge in [-0.15, -0.1) is 0 Å². The minimum atomic E-state index is 0.148. The number of nitrogens with one attached hydrogen (secondary N) is 1. The van der Waals surface area contributed by atoms with Gasteiger partial charge in [-0.2, -0.15) is 0 Å². The highest BCUT2D eigenvalue weighted by atomic mass is 16.5. The first-order valence-electron chi connectivity index (χ1n) is 7.06. The minimum absolute atomic E-state index is 0.148. The number of nitrogens with two attached hydrogens (primary N) is 1. The molecule has 1 heterocycles. The fraction of sp³-hybridized carbons (Fsp3) is 0.438. The van der Waals surface area contributed by atoms with E-state index in [0.717, 1.165) is 34.5 Å². The van der Waals surface area contributed by atoms with Crippen molar-refractivity contribution in [3.63, 3.8) is 0 Å². The summed E-state index contributed by atoms with van der Waals surface area (Å²) in [6.07, 6.45) is 1.09. The van der Waals surface area contributed by atoms with Gasteiger partial charge in [-0.25, -0.2) is 0 Å². The largest absolute Gasteiger partial charge is 0.491 e. The first kappa shape index (κ1) is 14.6. The van der Waals surface area contributed by atoms with Gasteiger partial charge in [-0.05, 0) is 50.5 Å². The highest BCUT2D eigenvalue weighted by Gasteiger charge is 2.08. The van der Waals surface area contributed by atoms with E-state index in [-0.39, 0.29) is 6.10 Å². The first-order chi connectivity index (χ1) is 9.49. The van der Waals surface area contributed by atoms with E-state index < -0.39 is 0 Å². The standard InChI is InChI=1S/C16H23N3O/c1-10(2)7-12-8-16(19-17)14-9-13(20-11(3)4)5-6-15(14)18-12/h5-6,8-11H,7,17H2,1-4H3,(H,18,19). The van der Waals surface area contributed by atoms with Crippen LogP contribution in [-0.4, -0.2) is 11.1 Å². The molecule has 0 saturated carbocycles. The van der Waals surface area contributed by atoms with Crippen LogP contribution < -0.4 is 16.0 Å². The normalized spacial score (nSPS) is 11.3. The van der Waals surface area contributed by atoms with Gasteiger partial charge < -0.3 is 10.2 Å². The molecule has 1 aromatic carbocycles. The summed E-state index contributed by atoms with van der Waals surface area (Å²) in [6.45, 7) is 8.38. The number of hydrazine groups is 1. The van der Waals surface area contributed by atoms with Crippen LogP contribution in [0.25, 0.3) is 10.9 Å². The lowest BCUT2D eigenvalue weighted by Crippen LogP contribution is -2.10. The number of fused-ring (bicyclic) bond motifs is 1. The molecule has 3 N–H and O–H groups in total. The van der Waals surface area contributed by atoms with Crippen LogP contribution in [0.5, 0.6) is 5.75 Å². The summed E-state index contributed by atoms with van der Waals surface area (Å²) in [4.78, 5) is 4.69. The molecule has 0 aliphatic carbocycles. The molecule has 0 bridgehead atoms. The van der Waals surface area contributed by atoms with Crippen molar-refractivity contribution in [1.29, 1.82) is 0 Å². The Hall–Kier alpha value is -1.81. The van der Waals surface area contributed by atoms with Crippen LogP contribution in [0.3, 0.4) is 0 Å². The molecule has 2 rings (SSSR count). The van der Waals surface area contributed by atoms with Crippen molar-refractivity contribution < 1.29 is 4.74 Å². The van der Waals surface area contributed by atoms with Crippen LogP contribution in [0.1, 0.15) is 33.4 Å². The summed E-state index contributed by atoms with van der Waals surface area (Å²) in [5, 5.41) is 0.984. The zero-order valence-electron chi connectivity index (χ0n) is 12.6. The van der Waals surface area contributed by atoms with Crippen molar-refractivity contribution in [3.8, 4) is 5.75 Å². The van der Waals surface area contributed by atoms with E-state index in [1.54, 1.807) is 0 Å². The molecule has 0 radical (unpaired) electrons. The summed E-state index contributed by atoms with van der Waals surface area (Å²) >= 11 is 0. The number of nitrogen functional groups attached to an aromatic ring is 1. The van der Waals surface area contributed by atoms with E-state index in [9.17, 15) is 0 Å². The third-order valence-electron chi connectivity index (χ3n) is 2.98. The van der Waals surface area contributed by atoms with Gasteiger partial charge in [-0.3, -0.25) is 10.8 Å². The van der Waals surface area contributed by atoms with E-state index >= 15 is 0 Å². The zero-order chi connectivity index (χ0) is 14.7. The number of ether oxygens (including phenoxy) is 1. The fourth-order valence-electron chi connectivity index (χ4n) is 2.25. The maximum atomic E-state index is 5.72. The molecule has 2 aromatic rings. The Kier molecular flexibility index (Phi) is 4.45. The van der Waals surface area contributed by atoms with Gasteiger partial charge in [-0.1, -0.05) is 13.8 Å². The maximum Gasteiger partial charge on any atom is 0.120 e. The van der Waals surface area contributed by atoms with Gasteiger partial charge in [0.2, 0.25) is 0 Å². The molecular formula is C16H23N3O. The third-order valence-corrected chi connectivity index (χ3v) is 2.98. The van der Waals surface area contributed by atoms with Crippen LogP contribution in [-0.2, 0) is 6.42 Å². The molecule has 0 amide bonds. The van der Waals surface area contributed by atoms with E-state index in [2.05, 4.69) is 19.3 Å². The van der Waals surface area contributed by atoms with E-state index in [0.29, 0.717) is 5.92 Å². The summed E-state index contributed by atoms with van der Waals surface area (Å²) < 4.78 is 5.72. The summed E-state index contributed by atoms with van der Waals surface area (Å²) in [6, 6.07) is 7.94. The molecular weight excluding hydrogens is 250 g/mol. The van der Waals surface area contributed by atoms with Crippen molar-refractivity contribution in [3.05, 3.63) is 30.0 Å². The highest BCUT2D eigenvalue weighted by Crippen LogP contribution is 2.28. The smallest absolute Gasteiger partial charge is 0.120 e. The predicted molar refractivity (Wildman–Crippen MR) is 83.9 cm³/mol.